The zero-order chi connectivity index (χ0) is 11.1. The van der Waals surface area contributed by atoms with Gasteiger partial charge in [0.25, 0.3) is 0 Å². The van der Waals surface area contributed by atoms with Crippen molar-refractivity contribution in [3.05, 3.63) is 0 Å². The highest BCUT2D eigenvalue weighted by molar-refractivity contribution is 5.82. The molecule has 0 aliphatic heterocycles. The lowest BCUT2D eigenvalue weighted by molar-refractivity contribution is -0.139. The average Bonchev–Trinajstić information content (AvgIpc) is 2.02. The maximum atomic E-state index is 10.9. The quantitative estimate of drug-likeness (QED) is 0.469. The van der Waals surface area contributed by atoms with Gasteiger partial charge in [-0.05, 0) is 6.92 Å². The summed E-state index contributed by atoms with van der Waals surface area (Å²) in [6.07, 6.45) is -0.200. The number of nitrogens with one attached hydrogen (secondary N) is 2. The molecule has 0 rings (SSSR count). The summed E-state index contributed by atoms with van der Waals surface area (Å²) in [5.41, 5.74) is 0. The van der Waals surface area contributed by atoms with Crippen LogP contribution >= 0.6 is 0 Å². The number of carbonyl (C=O) groups is 3. The Morgan fingerprint density at radius 1 is 1.29 bits per heavy atom. The first-order chi connectivity index (χ1) is 6.43. The molecule has 0 saturated carbocycles. The van der Waals surface area contributed by atoms with Crippen LogP contribution in [-0.2, 0) is 9.59 Å². The Kier molecular flexibility index (Phi) is 5.05. The van der Waals surface area contributed by atoms with E-state index < -0.39 is 24.0 Å². The number of amides is 2. The first-order valence-corrected chi connectivity index (χ1v) is 3.92. The number of carbonyl (C=O) groups excluding carboxylic acids is 1. The van der Waals surface area contributed by atoms with E-state index in [0.29, 0.717) is 0 Å². The molecule has 4 N–H and O–H groups in total. The van der Waals surface area contributed by atoms with E-state index in [9.17, 15) is 14.4 Å². The molecule has 0 fully saturated rings. The zero-order valence-corrected chi connectivity index (χ0v) is 7.61. The third kappa shape index (κ3) is 5.81. The average molecular weight is 204 g/mol. The molecule has 0 radical (unpaired) electrons. The van der Waals surface area contributed by atoms with Crippen LogP contribution in [0, 0.1) is 0 Å². The van der Waals surface area contributed by atoms with Gasteiger partial charge < -0.3 is 20.8 Å². The Hall–Kier alpha value is -1.79. The fourth-order valence-electron chi connectivity index (χ4n) is 0.592. The van der Waals surface area contributed by atoms with Crippen LogP contribution in [0.2, 0.25) is 0 Å². The summed E-state index contributed by atoms with van der Waals surface area (Å²) in [5.74, 6) is -2.19. The predicted molar refractivity (Wildman–Crippen MR) is 45.9 cm³/mol. The highest BCUT2D eigenvalue weighted by atomic mass is 16.4. The molecule has 0 spiro atoms. The minimum atomic E-state index is -1.15. The van der Waals surface area contributed by atoms with E-state index in [2.05, 4.69) is 10.6 Å². The Labute approximate surface area is 80.1 Å². The summed E-state index contributed by atoms with van der Waals surface area (Å²) in [7, 11) is 0. The molecule has 80 valence electrons. The van der Waals surface area contributed by atoms with E-state index >= 15 is 0 Å². The van der Waals surface area contributed by atoms with Crippen LogP contribution in [0.25, 0.3) is 0 Å². The van der Waals surface area contributed by atoms with Crippen LogP contribution in [0.1, 0.15) is 13.3 Å². The Balaban J connectivity index is 3.65. The molecular formula is C7H12N2O5. The van der Waals surface area contributed by atoms with Gasteiger partial charge >= 0.3 is 18.0 Å². The maximum absolute atomic E-state index is 10.9. The molecule has 0 aromatic heterocycles. The van der Waals surface area contributed by atoms with Gasteiger partial charge in [-0.1, -0.05) is 0 Å². The molecule has 2 amide bonds. The van der Waals surface area contributed by atoms with Crippen molar-refractivity contribution >= 4 is 18.0 Å². The molecule has 0 bridgehead atoms. The molecular weight excluding hydrogens is 192 g/mol. The van der Waals surface area contributed by atoms with Crippen LogP contribution in [0.3, 0.4) is 0 Å². The standard InChI is InChI=1S/C7H12N2O5/c1-4(6(12)13)9-7(14)8-3-2-5(10)11/h4H,2-3H2,1H3,(H,10,11)(H,12,13)(H2,8,9,14)/t4-/m0/s1. The number of rotatable bonds is 5. The highest BCUT2D eigenvalue weighted by Gasteiger charge is 2.13. The minimum Gasteiger partial charge on any atom is -0.481 e. The Morgan fingerprint density at radius 3 is 2.29 bits per heavy atom. The minimum absolute atomic E-state index is 0.0342. The van der Waals surface area contributed by atoms with Gasteiger partial charge in [0.15, 0.2) is 0 Å². The predicted octanol–water partition coefficient (Wildman–Crippen LogP) is -0.767. The second-order valence-corrected chi connectivity index (χ2v) is 2.60. The first-order valence-electron chi connectivity index (χ1n) is 3.92. The van der Waals surface area contributed by atoms with Gasteiger partial charge in [0.1, 0.15) is 6.04 Å². The lowest BCUT2D eigenvalue weighted by atomic mass is 10.3. The summed E-state index contributed by atoms with van der Waals surface area (Å²) in [6, 6.07) is -1.69. The van der Waals surface area contributed by atoms with Crippen LogP contribution in [0.15, 0.2) is 0 Å². The van der Waals surface area contributed by atoms with Crippen molar-refractivity contribution in [3.8, 4) is 0 Å². The summed E-state index contributed by atoms with van der Waals surface area (Å²) < 4.78 is 0. The highest BCUT2D eigenvalue weighted by Crippen LogP contribution is 1.81. The van der Waals surface area contributed by atoms with E-state index in [0.717, 1.165) is 0 Å². The van der Waals surface area contributed by atoms with Gasteiger partial charge in [0, 0.05) is 6.54 Å². The van der Waals surface area contributed by atoms with Gasteiger partial charge in [-0.3, -0.25) is 9.59 Å². The van der Waals surface area contributed by atoms with Crippen molar-refractivity contribution < 1.29 is 24.6 Å². The molecule has 7 heteroatoms. The van der Waals surface area contributed by atoms with E-state index in [-0.39, 0.29) is 13.0 Å². The van der Waals surface area contributed by atoms with Crippen molar-refractivity contribution in [2.75, 3.05) is 6.54 Å². The second kappa shape index (κ2) is 5.79. The van der Waals surface area contributed by atoms with E-state index in [1.54, 1.807) is 0 Å². The number of urea groups is 1. The molecule has 0 aromatic carbocycles. The van der Waals surface area contributed by atoms with Crippen LogP contribution < -0.4 is 10.6 Å². The monoisotopic (exact) mass is 204 g/mol. The normalized spacial score (nSPS) is 11.5. The van der Waals surface area contributed by atoms with Gasteiger partial charge in [0.05, 0.1) is 6.42 Å². The van der Waals surface area contributed by atoms with Crippen molar-refractivity contribution in [1.29, 1.82) is 0 Å². The van der Waals surface area contributed by atoms with E-state index in [1.807, 2.05) is 0 Å². The molecule has 0 aromatic rings. The van der Waals surface area contributed by atoms with Gasteiger partial charge in [0.2, 0.25) is 0 Å². The second-order valence-electron chi connectivity index (χ2n) is 2.60. The fourth-order valence-corrected chi connectivity index (χ4v) is 0.592. The van der Waals surface area contributed by atoms with Crippen LogP contribution in [0.4, 0.5) is 4.79 Å². The molecule has 0 saturated heterocycles. The van der Waals surface area contributed by atoms with Crippen molar-refractivity contribution in [2.24, 2.45) is 0 Å². The molecule has 14 heavy (non-hydrogen) atoms. The number of carboxylic acids is 2. The number of hydrogen-bond acceptors (Lipinski definition) is 3. The summed E-state index contributed by atoms with van der Waals surface area (Å²) in [6.45, 7) is 1.27. The molecule has 0 aliphatic rings. The fraction of sp³-hybridized carbons (Fsp3) is 0.571. The zero-order valence-electron chi connectivity index (χ0n) is 7.61. The van der Waals surface area contributed by atoms with Crippen molar-refractivity contribution in [2.45, 2.75) is 19.4 Å². The van der Waals surface area contributed by atoms with E-state index in [1.165, 1.54) is 6.92 Å². The smallest absolute Gasteiger partial charge is 0.325 e. The van der Waals surface area contributed by atoms with E-state index in [4.69, 9.17) is 10.2 Å². The summed E-state index contributed by atoms with van der Waals surface area (Å²) in [4.78, 5) is 31.2. The largest absolute Gasteiger partial charge is 0.481 e. The molecule has 0 aliphatic carbocycles. The summed E-state index contributed by atoms with van der Waals surface area (Å²) in [5, 5.41) is 21.0. The van der Waals surface area contributed by atoms with Crippen molar-refractivity contribution in [3.63, 3.8) is 0 Å². The Bertz CT molecular complexity index is 240. The third-order valence-electron chi connectivity index (χ3n) is 1.34. The van der Waals surface area contributed by atoms with Gasteiger partial charge in [-0.2, -0.15) is 0 Å². The molecule has 1 atom stereocenters. The molecule has 0 heterocycles. The van der Waals surface area contributed by atoms with Crippen molar-refractivity contribution in [1.82, 2.24) is 10.6 Å². The Morgan fingerprint density at radius 2 is 1.86 bits per heavy atom. The molecule has 7 nitrogen and oxygen atoms in total. The third-order valence-corrected chi connectivity index (χ3v) is 1.34. The lowest BCUT2D eigenvalue weighted by Crippen LogP contribution is -2.44. The lowest BCUT2D eigenvalue weighted by Gasteiger charge is -2.09. The maximum Gasteiger partial charge on any atom is 0.325 e. The van der Waals surface area contributed by atoms with Gasteiger partial charge in [-0.15, -0.1) is 0 Å². The number of aliphatic carboxylic acids is 2. The van der Waals surface area contributed by atoms with Crippen LogP contribution in [0.5, 0.6) is 0 Å². The topological polar surface area (TPSA) is 116 Å². The summed E-state index contributed by atoms with van der Waals surface area (Å²) >= 11 is 0. The van der Waals surface area contributed by atoms with Crippen LogP contribution in [-0.4, -0.2) is 40.8 Å². The molecule has 0 unspecified atom stereocenters. The van der Waals surface area contributed by atoms with Gasteiger partial charge in [-0.25, -0.2) is 4.79 Å². The first kappa shape index (κ1) is 12.2. The SMILES string of the molecule is C[C@H](NC(=O)NCCC(=O)O)C(=O)O. The number of carboxylic acid groups (broad SMARTS) is 2. The number of hydrogen-bond donors (Lipinski definition) is 4.